The molecule has 0 saturated carbocycles. The van der Waals surface area contributed by atoms with Crippen molar-refractivity contribution in [3.63, 3.8) is 0 Å². The van der Waals surface area contributed by atoms with Gasteiger partial charge in [0.2, 0.25) is 0 Å². The second kappa shape index (κ2) is 9.07. The smallest absolute Gasteiger partial charge is 0.263 e. The Morgan fingerprint density at radius 3 is 2.48 bits per heavy atom. The molecule has 0 unspecified atom stereocenters. The third-order valence-corrected chi connectivity index (χ3v) is 4.54. The van der Waals surface area contributed by atoms with E-state index in [1.807, 2.05) is 38.1 Å². The van der Waals surface area contributed by atoms with Crippen molar-refractivity contribution < 1.29 is 19.1 Å². The average molecular weight is 431 g/mol. The molecule has 1 aliphatic heterocycles. The van der Waals surface area contributed by atoms with Crippen LogP contribution in [0.25, 0.3) is 6.08 Å². The van der Waals surface area contributed by atoms with E-state index in [1.165, 1.54) is 6.08 Å². The molecule has 2 N–H and O–H groups in total. The van der Waals surface area contributed by atoms with E-state index in [2.05, 4.69) is 10.6 Å². The summed E-state index contributed by atoms with van der Waals surface area (Å²) < 4.78 is 11.6. The van der Waals surface area contributed by atoms with Crippen molar-refractivity contribution in [2.24, 2.45) is 0 Å². The molecular weight excluding hydrogens is 412 g/mol. The first kappa shape index (κ1) is 20.8. The standard InChI is InChI=1S/C21H19ClN2O4S/c1-3-27-17-10-14(8-15-19(25)23-21(29)24-20(15)26)9-16(22)18(17)28-11-13-6-4-5-12(2)7-13/h4-10H,3,11H2,1-2H3,(H2,23,24,25,26,29). The van der Waals surface area contributed by atoms with Crippen molar-refractivity contribution in [3.05, 3.63) is 63.7 Å². The molecule has 2 aromatic carbocycles. The molecule has 0 atom stereocenters. The Kier molecular flexibility index (Phi) is 6.51. The number of halogens is 1. The molecule has 1 fully saturated rings. The molecular formula is C21H19ClN2O4S. The summed E-state index contributed by atoms with van der Waals surface area (Å²) in [5, 5.41) is 5.07. The molecule has 1 saturated heterocycles. The van der Waals surface area contributed by atoms with E-state index in [0.29, 0.717) is 35.3 Å². The van der Waals surface area contributed by atoms with Crippen LogP contribution < -0.4 is 20.1 Å². The van der Waals surface area contributed by atoms with E-state index in [4.69, 9.17) is 33.3 Å². The maximum atomic E-state index is 12.1. The van der Waals surface area contributed by atoms with Gasteiger partial charge in [0.15, 0.2) is 16.6 Å². The van der Waals surface area contributed by atoms with Crippen molar-refractivity contribution in [1.29, 1.82) is 0 Å². The predicted molar refractivity (Wildman–Crippen MR) is 115 cm³/mol. The van der Waals surface area contributed by atoms with Gasteiger partial charge in [-0.15, -0.1) is 0 Å². The van der Waals surface area contributed by atoms with Gasteiger partial charge >= 0.3 is 0 Å². The molecule has 3 rings (SSSR count). The highest BCUT2D eigenvalue weighted by Gasteiger charge is 2.26. The minimum absolute atomic E-state index is 0.0231. The monoisotopic (exact) mass is 430 g/mol. The first-order valence-electron chi connectivity index (χ1n) is 8.90. The molecule has 2 amide bonds. The van der Waals surface area contributed by atoms with Crippen LogP contribution in [0.5, 0.6) is 11.5 Å². The van der Waals surface area contributed by atoms with Gasteiger partial charge in [-0.2, -0.15) is 0 Å². The van der Waals surface area contributed by atoms with E-state index < -0.39 is 11.8 Å². The molecule has 150 valence electrons. The van der Waals surface area contributed by atoms with E-state index in [-0.39, 0.29) is 10.7 Å². The predicted octanol–water partition coefficient (Wildman–Crippen LogP) is 3.54. The highest BCUT2D eigenvalue weighted by Crippen LogP contribution is 2.38. The molecule has 0 radical (unpaired) electrons. The quantitative estimate of drug-likeness (QED) is 0.416. The van der Waals surface area contributed by atoms with Crippen LogP contribution in [0, 0.1) is 6.92 Å². The molecule has 0 spiro atoms. The Hall–Kier alpha value is -2.90. The van der Waals surface area contributed by atoms with Gasteiger partial charge in [-0.1, -0.05) is 41.4 Å². The van der Waals surface area contributed by atoms with Crippen LogP contribution in [0.2, 0.25) is 5.02 Å². The van der Waals surface area contributed by atoms with Gasteiger partial charge in [0, 0.05) is 0 Å². The van der Waals surface area contributed by atoms with Crippen LogP contribution in [0.15, 0.2) is 42.0 Å². The summed E-state index contributed by atoms with van der Waals surface area (Å²) in [5.74, 6) is -0.331. The number of carbonyl (C=O) groups is 2. The number of benzene rings is 2. The van der Waals surface area contributed by atoms with Crippen molar-refractivity contribution in [3.8, 4) is 11.5 Å². The van der Waals surface area contributed by atoms with Crippen molar-refractivity contribution in [1.82, 2.24) is 10.6 Å². The van der Waals surface area contributed by atoms with Crippen LogP contribution in [-0.4, -0.2) is 23.5 Å². The lowest BCUT2D eigenvalue weighted by molar-refractivity contribution is -0.123. The molecule has 6 nitrogen and oxygen atoms in total. The first-order chi connectivity index (χ1) is 13.9. The normalized spacial score (nSPS) is 13.6. The van der Waals surface area contributed by atoms with Gasteiger partial charge in [-0.05, 0) is 55.4 Å². The summed E-state index contributed by atoms with van der Waals surface area (Å²) in [6.07, 6.45) is 1.42. The third-order valence-electron chi connectivity index (χ3n) is 4.05. The minimum atomic E-state index is -0.576. The van der Waals surface area contributed by atoms with Crippen LogP contribution in [0.1, 0.15) is 23.6 Å². The summed E-state index contributed by atoms with van der Waals surface area (Å²) in [6.45, 7) is 4.57. The lowest BCUT2D eigenvalue weighted by Crippen LogP contribution is -2.51. The van der Waals surface area contributed by atoms with Gasteiger partial charge in [-0.3, -0.25) is 20.2 Å². The number of hydrogen-bond donors (Lipinski definition) is 2. The summed E-state index contributed by atoms with van der Waals surface area (Å²) in [7, 11) is 0. The zero-order valence-electron chi connectivity index (χ0n) is 15.9. The zero-order valence-corrected chi connectivity index (χ0v) is 17.4. The number of hydrogen-bond acceptors (Lipinski definition) is 5. The maximum absolute atomic E-state index is 12.1. The van der Waals surface area contributed by atoms with Gasteiger partial charge in [0.05, 0.1) is 11.6 Å². The Morgan fingerprint density at radius 1 is 1.10 bits per heavy atom. The van der Waals surface area contributed by atoms with E-state index in [9.17, 15) is 9.59 Å². The highest BCUT2D eigenvalue weighted by atomic mass is 35.5. The molecule has 1 heterocycles. The summed E-state index contributed by atoms with van der Waals surface area (Å²) in [4.78, 5) is 24.1. The number of aryl methyl sites for hydroxylation is 1. The van der Waals surface area contributed by atoms with Gasteiger partial charge < -0.3 is 9.47 Å². The first-order valence-corrected chi connectivity index (χ1v) is 9.69. The maximum Gasteiger partial charge on any atom is 0.263 e. The SMILES string of the molecule is CCOc1cc(C=C2C(=O)NC(=S)NC2=O)cc(Cl)c1OCc1cccc(C)c1. The highest BCUT2D eigenvalue weighted by molar-refractivity contribution is 7.80. The van der Waals surface area contributed by atoms with Crippen molar-refractivity contribution in [2.75, 3.05) is 6.61 Å². The molecule has 0 bridgehead atoms. The lowest BCUT2D eigenvalue weighted by Gasteiger charge is -2.17. The summed E-state index contributed by atoms with van der Waals surface area (Å²) in [6, 6.07) is 11.2. The molecule has 29 heavy (non-hydrogen) atoms. The van der Waals surface area contributed by atoms with E-state index >= 15 is 0 Å². The molecule has 8 heteroatoms. The van der Waals surface area contributed by atoms with Gasteiger partial charge in [-0.25, -0.2) is 0 Å². The molecule has 0 aromatic heterocycles. The fourth-order valence-electron chi connectivity index (χ4n) is 2.80. The largest absolute Gasteiger partial charge is 0.490 e. The Morgan fingerprint density at radius 2 is 1.83 bits per heavy atom. The summed E-state index contributed by atoms with van der Waals surface area (Å²) in [5.41, 5.74) is 2.58. The topological polar surface area (TPSA) is 76.7 Å². The lowest BCUT2D eigenvalue weighted by atomic mass is 10.1. The number of amides is 2. The molecule has 2 aromatic rings. The molecule has 1 aliphatic rings. The summed E-state index contributed by atoms with van der Waals surface area (Å²) >= 11 is 11.2. The fraction of sp³-hybridized carbons (Fsp3) is 0.190. The average Bonchev–Trinajstić information content (AvgIpc) is 2.64. The zero-order chi connectivity index (χ0) is 21.0. The van der Waals surface area contributed by atoms with Crippen LogP contribution >= 0.6 is 23.8 Å². The second-order valence-electron chi connectivity index (χ2n) is 6.34. The van der Waals surface area contributed by atoms with Crippen molar-refractivity contribution in [2.45, 2.75) is 20.5 Å². The third kappa shape index (κ3) is 5.13. The Bertz CT molecular complexity index is 998. The van der Waals surface area contributed by atoms with Crippen LogP contribution in [-0.2, 0) is 16.2 Å². The van der Waals surface area contributed by atoms with Gasteiger partial charge in [0.1, 0.15) is 12.2 Å². The Balaban J connectivity index is 1.90. The second-order valence-corrected chi connectivity index (χ2v) is 7.15. The van der Waals surface area contributed by atoms with Crippen molar-refractivity contribution >= 4 is 46.8 Å². The van der Waals surface area contributed by atoms with Gasteiger partial charge in [0.25, 0.3) is 11.8 Å². The Labute approximate surface area is 178 Å². The fourth-order valence-corrected chi connectivity index (χ4v) is 3.26. The van der Waals surface area contributed by atoms with Crippen LogP contribution in [0.3, 0.4) is 0 Å². The minimum Gasteiger partial charge on any atom is -0.490 e. The number of nitrogens with one attached hydrogen (secondary N) is 2. The molecule has 0 aliphatic carbocycles. The van der Waals surface area contributed by atoms with E-state index in [0.717, 1.165) is 11.1 Å². The number of thiocarbonyl (C=S) groups is 1. The number of carbonyl (C=O) groups excluding carboxylic acids is 2. The number of rotatable bonds is 6. The van der Waals surface area contributed by atoms with Crippen LogP contribution in [0.4, 0.5) is 0 Å². The van der Waals surface area contributed by atoms with E-state index in [1.54, 1.807) is 12.1 Å². The number of ether oxygens (including phenoxy) is 2.